The molecule has 0 unspecified atom stereocenters. The van der Waals surface area contributed by atoms with Gasteiger partial charge in [-0.25, -0.2) is 13.8 Å². The van der Waals surface area contributed by atoms with Gasteiger partial charge in [-0.2, -0.15) is 9.41 Å². The van der Waals surface area contributed by atoms with Crippen molar-refractivity contribution in [2.24, 2.45) is 5.10 Å². The Kier molecular flexibility index (Phi) is 6.26. The van der Waals surface area contributed by atoms with E-state index in [4.69, 9.17) is 0 Å². The Morgan fingerprint density at radius 2 is 1.31 bits per heavy atom. The molecule has 36 heavy (non-hydrogen) atoms. The lowest BCUT2D eigenvalue weighted by atomic mass is 10.1. The maximum Gasteiger partial charge on any atom is 0.271 e. The van der Waals surface area contributed by atoms with Crippen molar-refractivity contribution in [2.45, 2.75) is 18.4 Å². The molecule has 6 nitrogen and oxygen atoms in total. The van der Waals surface area contributed by atoms with Gasteiger partial charge in [0.25, 0.3) is 5.91 Å². The van der Waals surface area contributed by atoms with E-state index in [0.717, 1.165) is 39.1 Å². The van der Waals surface area contributed by atoms with Crippen molar-refractivity contribution < 1.29 is 13.2 Å². The summed E-state index contributed by atoms with van der Waals surface area (Å²) in [6.45, 7) is 2.10. The smallest absolute Gasteiger partial charge is 0.267 e. The van der Waals surface area contributed by atoms with Gasteiger partial charge in [-0.15, -0.1) is 0 Å². The zero-order chi connectivity index (χ0) is 25.3. The standard InChI is InChI=1S/C29H25N3O3S/c1-20-11-17-23(18-12-20)36(34,35)32(2)19-21-13-15-22(16-14-21)29(33)31-30-28-26-9-5-3-7-24(26)25-8-4-6-10-27(25)28/h3-18H,19H2,1-2H3,(H,31,33). The molecule has 1 aliphatic rings. The molecular weight excluding hydrogens is 470 g/mol. The lowest BCUT2D eigenvalue weighted by Gasteiger charge is -2.17. The number of rotatable bonds is 6. The molecule has 0 atom stereocenters. The van der Waals surface area contributed by atoms with Crippen molar-refractivity contribution in [1.29, 1.82) is 0 Å². The Morgan fingerprint density at radius 1 is 0.778 bits per heavy atom. The van der Waals surface area contributed by atoms with Crippen LogP contribution in [0.3, 0.4) is 0 Å². The summed E-state index contributed by atoms with van der Waals surface area (Å²) in [7, 11) is -2.07. The molecular formula is C29H25N3O3S. The monoisotopic (exact) mass is 495 g/mol. The van der Waals surface area contributed by atoms with Crippen LogP contribution < -0.4 is 5.43 Å². The molecule has 0 bridgehead atoms. The summed E-state index contributed by atoms with van der Waals surface area (Å²) >= 11 is 0. The van der Waals surface area contributed by atoms with Crippen LogP contribution in [0.2, 0.25) is 0 Å². The average molecular weight is 496 g/mol. The van der Waals surface area contributed by atoms with Crippen molar-refractivity contribution in [3.8, 4) is 11.1 Å². The van der Waals surface area contributed by atoms with E-state index in [2.05, 4.69) is 10.5 Å². The molecule has 5 rings (SSSR count). The number of amides is 1. The summed E-state index contributed by atoms with van der Waals surface area (Å²) in [5, 5.41) is 4.45. The molecule has 0 fully saturated rings. The molecule has 0 heterocycles. The van der Waals surface area contributed by atoms with Gasteiger partial charge in [0.1, 0.15) is 0 Å². The van der Waals surface area contributed by atoms with Gasteiger partial charge >= 0.3 is 0 Å². The Bertz CT molecular complexity index is 1530. The number of sulfonamides is 1. The van der Waals surface area contributed by atoms with Gasteiger partial charge in [0.15, 0.2) is 0 Å². The first-order chi connectivity index (χ1) is 17.3. The molecule has 1 aliphatic carbocycles. The van der Waals surface area contributed by atoms with Crippen LogP contribution in [0, 0.1) is 6.92 Å². The van der Waals surface area contributed by atoms with Gasteiger partial charge in [-0.3, -0.25) is 4.79 Å². The van der Waals surface area contributed by atoms with Crippen molar-refractivity contribution in [3.63, 3.8) is 0 Å². The third-order valence-corrected chi connectivity index (χ3v) is 8.09. The SMILES string of the molecule is Cc1ccc(S(=O)(=O)N(C)Cc2ccc(C(=O)NN=C3c4ccccc4-c4ccccc43)cc2)cc1. The quantitative estimate of drug-likeness (QED) is 0.338. The van der Waals surface area contributed by atoms with Gasteiger partial charge in [0, 0.05) is 30.3 Å². The fourth-order valence-electron chi connectivity index (χ4n) is 4.28. The topological polar surface area (TPSA) is 78.8 Å². The highest BCUT2D eigenvalue weighted by atomic mass is 32.2. The average Bonchev–Trinajstić information content (AvgIpc) is 3.21. The first kappa shape index (κ1) is 23.7. The van der Waals surface area contributed by atoms with E-state index >= 15 is 0 Å². The Hall–Kier alpha value is -4.07. The molecule has 4 aromatic rings. The largest absolute Gasteiger partial charge is 0.271 e. The van der Waals surface area contributed by atoms with Crippen LogP contribution in [0.5, 0.6) is 0 Å². The predicted octanol–water partition coefficient (Wildman–Crippen LogP) is 4.98. The molecule has 0 aliphatic heterocycles. The lowest BCUT2D eigenvalue weighted by Crippen LogP contribution is -2.26. The highest BCUT2D eigenvalue weighted by Crippen LogP contribution is 2.36. The number of hydrogen-bond acceptors (Lipinski definition) is 4. The number of aryl methyl sites for hydroxylation is 1. The van der Waals surface area contributed by atoms with Crippen molar-refractivity contribution >= 4 is 21.6 Å². The minimum Gasteiger partial charge on any atom is -0.267 e. The molecule has 1 amide bonds. The molecule has 0 aromatic heterocycles. The summed E-state index contributed by atoms with van der Waals surface area (Å²) in [6, 6.07) is 29.6. The second-order valence-corrected chi connectivity index (χ2v) is 10.8. The predicted molar refractivity (Wildman–Crippen MR) is 141 cm³/mol. The molecule has 0 spiro atoms. The number of hydrogen-bond donors (Lipinski definition) is 1. The summed E-state index contributed by atoms with van der Waals surface area (Å²) in [6.07, 6.45) is 0. The highest BCUT2D eigenvalue weighted by Gasteiger charge is 2.24. The third kappa shape index (κ3) is 4.46. The summed E-state index contributed by atoms with van der Waals surface area (Å²) in [5.74, 6) is -0.337. The molecule has 0 radical (unpaired) electrons. The van der Waals surface area contributed by atoms with Crippen molar-refractivity contribution in [1.82, 2.24) is 9.73 Å². The Labute approximate surface area is 211 Å². The minimum atomic E-state index is -3.61. The fraction of sp³-hybridized carbons (Fsp3) is 0.103. The van der Waals surface area contributed by atoms with Crippen LogP contribution in [-0.2, 0) is 16.6 Å². The molecule has 180 valence electrons. The van der Waals surface area contributed by atoms with Crippen LogP contribution in [-0.4, -0.2) is 31.4 Å². The van der Waals surface area contributed by atoms with Crippen LogP contribution >= 0.6 is 0 Å². The fourth-order valence-corrected chi connectivity index (χ4v) is 5.44. The zero-order valence-electron chi connectivity index (χ0n) is 20.0. The van der Waals surface area contributed by atoms with E-state index in [-0.39, 0.29) is 17.3 Å². The van der Waals surface area contributed by atoms with Gasteiger partial charge in [0.2, 0.25) is 10.0 Å². The van der Waals surface area contributed by atoms with Crippen LogP contribution in [0.4, 0.5) is 0 Å². The van der Waals surface area contributed by atoms with E-state index in [9.17, 15) is 13.2 Å². The number of nitrogens with zero attached hydrogens (tertiary/aromatic N) is 2. The number of hydrazone groups is 1. The van der Waals surface area contributed by atoms with E-state index in [1.807, 2.05) is 55.5 Å². The Morgan fingerprint density at radius 3 is 1.86 bits per heavy atom. The summed E-state index contributed by atoms with van der Waals surface area (Å²) < 4.78 is 27.0. The van der Waals surface area contributed by atoms with Gasteiger partial charge in [-0.05, 0) is 47.9 Å². The molecule has 1 N–H and O–H groups in total. The van der Waals surface area contributed by atoms with Crippen molar-refractivity contribution in [3.05, 3.63) is 125 Å². The second kappa shape index (κ2) is 9.53. The van der Waals surface area contributed by atoms with Crippen molar-refractivity contribution in [2.75, 3.05) is 7.05 Å². The van der Waals surface area contributed by atoms with Gasteiger partial charge in [-0.1, -0.05) is 78.4 Å². The summed E-state index contributed by atoms with van der Waals surface area (Å²) in [4.78, 5) is 13.1. The second-order valence-electron chi connectivity index (χ2n) is 8.76. The third-order valence-electron chi connectivity index (χ3n) is 6.27. The molecule has 0 saturated heterocycles. The van der Waals surface area contributed by atoms with E-state index in [0.29, 0.717) is 5.56 Å². The van der Waals surface area contributed by atoms with E-state index < -0.39 is 10.0 Å². The normalized spacial score (nSPS) is 12.2. The maximum atomic E-state index is 12.9. The molecule has 0 saturated carbocycles. The highest BCUT2D eigenvalue weighted by molar-refractivity contribution is 7.89. The lowest BCUT2D eigenvalue weighted by molar-refractivity contribution is 0.0955. The summed E-state index contributed by atoms with van der Waals surface area (Å²) in [5.41, 5.74) is 9.76. The van der Waals surface area contributed by atoms with Gasteiger partial charge < -0.3 is 0 Å². The molecule has 7 heteroatoms. The number of carbonyl (C=O) groups excluding carboxylic acids is 1. The number of nitrogens with one attached hydrogen (secondary N) is 1. The van der Waals surface area contributed by atoms with E-state index in [1.54, 1.807) is 55.6 Å². The van der Waals surface area contributed by atoms with Gasteiger partial charge in [0.05, 0.1) is 10.6 Å². The van der Waals surface area contributed by atoms with Crippen LogP contribution in [0.1, 0.15) is 32.6 Å². The maximum absolute atomic E-state index is 12.9. The first-order valence-corrected chi connectivity index (χ1v) is 13.0. The van der Waals surface area contributed by atoms with Crippen LogP contribution in [0.25, 0.3) is 11.1 Å². The minimum absolute atomic E-state index is 0.188. The number of fused-ring (bicyclic) bond motifs is 3. The van der Waals surface area contributed by atoms with Crippen LogP contribution in [0.15, 0.2) is 107 Å². The number of benzene rings is 4. The number of carbonyl (C=O) groups is 1. The molecule has 4 aromatic carbocycles. The van der Waals surface area contributed by atoms with E-state index in [1.165, 1.54) is 4.31 Å². The zero-order valence-corrected chi connectivity index (χ0v) is 20.8. The Balaban J connectivity index is 1.29. The first-order valence-electron chi connectivity index (χ1n) is 11.5.